The molecule has 0 spiro atoms. The third-order valence-electron chi connectivity index (χ3n) is 6.23. The van der Waals surface area contributed by atoms with Gasteiger partial charge in [-0.1, -0.05) is 30.7 Å². The van der Waals surface area contributed by atoms with E-state index in [0.717, 1.165) is 66.6 Å². The van der Waals surface area contributed by atoms with Crippen LogP contribution < -0.4 is 5.32 Å². The molecule has 3 aromatic rings. The van der Waals surface area contributed by atoms with Gasteiger partial charge in [-0.25, -0.2) is 4.98 Å². The molecule has 3 N–H and O–H groups in total. The van der Waals surface area contributed by atoms with E-state index in [-0.39, 0.29) is 12.3 Å². The fourth-order valence-electron chi connectivity index (χ4n) is 4.50. The number of carboxylic acids is 1. The first-order valence-electron chi connectivity index (χ1n) is 11.6. The maximum Gasteiger partial charge on any atom is 0.303 e. The Balaban J connectivity index is 1.30. The second-order valence-electron chi connectivity index (χ2n) is 8.73. The summed E-state index contributed by atoms with van der Waals surface area (Å²) in [5, 5.41) is 24.4. The minimum Gasteiger partial charge on any atom is -0.481 e. The zero-order valence-electron chi connectivity index (χ0n) is 18.3. The highest BCUT2D eigenvalue weighted by atomic mass is 16.4. The molecule has 1 aliphatic rings. The third-order valence-corrected chi connectivity index (χ3v) is 6.23. The number of hydrogen-bond acceptors (Lipinski definition) is 5. The summed E-state index contributed by atoms with van der Waals surface area (Å²) >= 11 is 0. The molecule has 0 bridgehead atoms. The molecule has 0 amide bonds. The van der Waals surface area contributed by atoms with Crippen LogP contribution >= 0.6 is 0 Å². The number of nitrogens with zero attached hydrogens (tertiary/aromatic N) is 2. The number of pyridine rings is 2. The van der Waals surface area contributed by atoms with Crippen molar-refractivity contribution in [2.45, 2.75) is 63.4 Å². The lowest BCUT2D eigenvalue weighted by atomic mass is 9.89. The molecule has 2 atom stereocenters. The van der Waals surface area contributed by atoms with E-state index in [1.54, 1.807) is 6.20 Å². The number of anilines is 1. The minimum absolute atomic E-state index is 0.0108. The lowest BCUT2D eigenvalue weighted by Crippen LogP contribution is -2.16. The highest BCUT2D eigenvalue weighted by Gasteiger charge is 2.20. The molecule has 6 nitrogen and oxygen atoms in total. The average molecular weight is 434 g/mol. The summed E-state index contributed by atoms with van der Waals surface area (Å²) < 4.78 is 0. The molecule has 4 rings (SSSR count). The quantitative estimate of drug-likeness (QED) is 0.401. The molecule has 0 fully saturated rings. The number of unbranched alkanes of at least 4 members (excludes halogenated alkanes) is 1. The van der Waals surface area contributed by atoms with Gasteiger partial charge in [0.15, 0.2) is 0 Å². The van der Waals surface area contributed by atoms with Gasteiger partial charge in [0.25, 0.3) is 0 Å². The predicted molar refractivity (Wildman–Crippen MR) is 126 cm³/mol. The van der Waals surface area contributed by atoms with Crippen molar-refractivity contribution in [1.29, 1.82) is 0 Å². The highest BCUT2D eigenvalue weighted by Crippen LogP contribution is 2.28. The Hall–Kier alpha value is -2.99. The first kappa shape index (κ1) is 22.2. The molecule has 6 heteroatoms. The first-order chi connectivity index (χ1) is 15.6. The van der Waals surface area contributed by atoms with Gasteiger partial charge in [-0.15, -0.1) is 0 Å². The molecule has 0 radical (unpaired) electrons. The highest BCUT2D eigenvalue weighted by molar-refractivity contribution is 5.79. The monoisotopic (exact) mass is 433 g/mol. The van der Waals surface area contributed by atoms with Crippen molar-refractivity contribution in [3.05, 3.63) is 65.5 Å². The average Bonchev–Trinajstić information content (AvgIpc) is 2.80. The molecule has 1 aliphatic heterocycles. The first-order valence-corrected chi connectivity index (χ1v) is 11.6. The molecule has 2 aromatic heterocycles. The molecular weight excluding hydrogens is 402 g/mol. The number of carbonyl (C=O) groups is 1. The number of aryl methyl sites for hydroxylation is 2. The van der Waals surface area contributed by atoms with E-state index in [9.17, 15) is 15.0 Å². The van der Waals surface area contributed by atoms with Crippen molar-refractivity contribution in [3.63, 3.8) is 0 Å². The van der Waals surface area contributed by atoms with Crippen LogP contribution in [0.25, 0.3) is 10.9 Å². The number of aliphatic carboxylic acids is 1. The number of aliphatic hydroxyl groups is 1. The van der Waals surface area contributed by atoms with Crippen LogP contribution in [-0.2, 0) is 17.6 Å². The van der Waals surface area contributed by atoms with Crippen molar-refractivity contribution in [2.24, 2.45) is 0 Å². The lowest BCUT2D eigenvalue weighted by Gasteiger charge is -2.20. The number of nitrogens with one attached hydrogen (secondary N) is 1. The molecule has 3 heterocycles. The van der Waals surface area contributed by atoms with Crippen molar-refractivity contribution in [1.82, 2.24) is 9.97 Å². The summed E-state index contributed by atoms with van der Waals surface area (Å²) in [6, 6.07) is 14.1. The Kier molecular flexibility index (Phi) is 7.32. The van der Waals surface area contributed by atoms with E-state index in [1.807, 2.05) is 30.3 Å². The topological polar surface area (TPSA) is 95.3 Å². The van der Waals surface area contributed by atoms with Gasteiger partial charge in [0.05, 0.1) is 18.0 Å². The largest absolute Gasteiger partial charge is 0.481 e. The van der Waals surface area contributed by atoms with Gasteiger partial charge in [-0.2, -0.15) is 0 Å². The van der Waals surface area contributed by atoms with E-state index in [1.165, 1.54) is 5.56 Å². The summed E-state index contributed by atoms with van der Waals surface area (Å²) in [7, 11) is 0. The number of aliphatic hydroxyl groups excluding tert-OH is 1. The Morgan fingerprint density at radius 1 is 1.16 bits per heavy atom. The van der Waals surface area contributed by atoms with Gasteiger partial charge in [0, 0.05) is 23.8 Å². The zero-order chi connectivity index (χ0) is 22.3. The van der Waals surface area contributed by atoms with Crippen molar-refractivity contribution in [3.8, 4) is 0 Å². The second-order valence-corrected chi connectivity index (χ2v) is 8.73. The van der Waals surface area contributed by atoms with Crippen molar-refractivity contribution < 1.29 is 15.0 Å². The molecular formula is C26H31N3O3. The number of fused-ring (bicyclic) bond motifs is 2. The molecule has 1 aromatic carbocycles. The van der Waals surface area contributed by atoms with Crippen molar-refractivity contribution >= 4 is 22.7 Å². The van der Waals surface area contributed by atoms with Gasteiger partial charge in [-0.05, 0) is 73.8 Å². The smallest absolute Gasteiger partial charge is 0.303 e. The van der Waals surface area contributed by atoms with Crippen LogP contribution in [0.15, 0.2) is 48.7 Å². The number of benzene rings is 1. The van der Waals surface area contributed by atoms with Gasteiger partial charge < -0.3 is 15.5 Å². The van der Waals surface area contributed by atoms with Crippen LogP contribution in [-0.4, -0.2) is 38.8 Å². The number of para-hydroxylation sites is 1. The van der Waals surface area contributed by atoms with Gasteiger partial charge >= 0.3 is 5.97 Å². The maximum absolute atomic E-state index is 11.4. The molecule has 32 heavy (non-hydrogen) atoms. The zero-order valence-corrected chi connectivity index (χ0v) is 18.3. The predicted octanol–water partition coefficient (Wildman–Crippen LogP) is 4.71. The second kappa shape index (κ2) is 10.6. The van der Waals surface area contributed by atoms with E-state index in [4.69, 9.17) is 4.98 Å². The third kappa shape index (κ3) is 5.82. The van der Waals surface area contributed by atoms with Crippen LogP contribution in [0.2, 0.25) is 0 Å². The molecule has 168 valence electrons. The van der Waals surface area contributed by atoms with E-state index in [2.05, 4.69) is 22.4 Å². The standard InChI is InChI=1S/C26H31N3O3/c30-23(9-3-2-8-22-12-11-18-7-5-13-27-26(18)29-22)15-20(16-25(31)32)21-14-19-6-1-4-10-24(19)28-17-21/h1,4,6,10-12,14,17,20,23,30H,2-3,5,7-9,13,15-16H2,(H,27,29)(H,31,32)/t20-,23?/m1/s1. The summed E-state index contributed by atoms with van der Waals surface area (Å²) in [6.07, 6.45) is 7.23. The van der Waals surface area contributed by atoms with Gasteiger partial charge in [0.1, 0.15) is 5.82 Å². The van der Waals surface area contributed by atoms with Crippen LogP contribution in [0.5, 0.6) is 0 Å². The SMILES string of the molecule is O=C(O)C[C@@H](CC(O)CCCCc1ccc2c(n1)NCCC2)c1cnc2ccccc2c1. The van der Waals surface area contributed by atoms with E-state index >= 15 is 0 Å². The lowest BCUT2D eigenvalue weighted by molar-refractivity contribution is -0.137. The van der Waals surface area contributed by atoms with Crippen LogP contribution in [0, 0.1) is 0 Å². The van der Waals surface area contributed by atoms with E-state index < -0.39 is 12.1 Å². The fourth-order valence-corrected chi connectivity index (χ4v) is 4.50. The maximum atomic E-state index is 11.4. The number of aromatic nitrogens is 2. The minimum atomic E-state index is -0.859. The number of rotatable bonds is 10. The Labute approximate surface area is 188 Å². The Morgan fingerprint density at radius 3 is 2.91 bits per heavy atom. The summed E-state index contributed by atoms with van der Waals surface area (Å²) in [5.74, 6) is -0.0928. The van der Waals surface area contributed by atoms with Gasteiger partial charge in [0.2, 0.25) is 0 Å². The fraction of sp³-hybridized carbons (Fsp3) is 0.423. The van der Waals surface area contributed by atoms with Gasteiger partial charge in [-0.3, -0.25) is 9.78 Å². The van der Waals surface area contributed by atoms with Crippen molar-refractivity contribution in [2.75, 3.05) is 11.9 Å². The molecule has 0 aliphatic carbocycles. The molecule has 0 saturated heterocycles. The Bertz CT molecular complexity index is 1070. The summed E-state index contributed by atoms with van der Waals surface area (Å²) in [4.78, 5) is 20.6. The summed E-state index contributed by atoms with van der Waals surface area (Å²) in [6.45, 7) is 0.986. The van der Waals surface area contributed by atoms with Crippen LogP contribution in [0.4, 0.5) is 5.82 Å². The molecule has 1 unspecified atom stereocenters. The Morgan fingerprint density at radius 2 is 2.03 bits per heavy atom. The van der Waals surface area contributed by atoms with Crippen LogP contribution in [0.1, 0.15) is 61.3 Å². The van der Waals surface area contributed by atoms with E-state index in [0.29, 0.717) is 12.8 Å². The number of hydrogen-bond donors (Lipinski definition) is 3. The number of carboxylic acid groups (broad SMARTS) is 1. The summed E-state index contributed by atoms with van der Waals surface area (Å²) in [5.41, 5.74) is 4.13. The molecule has 0 saturated carbocycles. The van der Waals surface area contributed by atoms with Crippen LogP contribution in [0.3, 0.4) is 0 Å². The normalized spacial score (nSPS) is 15.0.